The minimum Gasteiger partial charge on any atom is -0.485 e. The number of benzene rings is 1. The zero-order valence-electron chi connectivity index (χ0n) is 12.6. The summed E-state index contributed by atoms with van der Waals surface area (Å²) >= 11 is 3.53. The summed E-state index contributed by atoms with van der Waals surface area (Å²) in [6, 6.07) is 6.58. The van der Waals surface area contributed by atoms with Gasteiger partial charge in [-0.05, 0) is 25.6 Å². The fraction of sp³-hybridized carbons (Fsp3) is 0.438. The van der Waals surface area contributed by atoms with Gasteiger partial charge in [0.2, 0.25) is 0 Å². The highest BCUT2D eigenvalue weighted by atomic mass is 79.9. The van der Waals surface area contributed by atoms with Crippen molar-refractivity contribution in [3.63, 3.8) is 0 Å². The van der Waals surface area contributed by atoms with Gasteiger partial charge in [0.15, 0.2) is 0 Å². The molecule has 2 aromatic rings. The Morgan fingerprint density at radius 2 is 2.24 bits per heavy atom. The number of hydrogen-bond donors (Lipinski definition) is 1. The molecule has 1 aliphatic heterocycles. The summed E-state index contributed by atoms with van der Waals surface area (Å²) in [6.45, 7) is 5.17. The van der Waals surface area contributed by atoms with Crippen LogP contribution in [0.25, 0.3) is 0 Å². The number of halogens is 1. The maximum absolute atomic E-state index is 6.25. The summed E-state index contributed by atoms with van der Waals surface area (Å²) in [5.41, 5.74) is 3.57. The zero-order valence-corrected chi connectivity index (χ0v) is 14.1. The van der Waals surface area contributed by atoms with E-state index >= 15 is 0 Å². The largest absolute Gasteiger partial charge is 0.485 e. The lowest BCUT2D eigenvalue weighted by Crippen LogP contribution is -2.29. The number of aromatic nitrogens is 2. The number of rotatable bonds is 3. The quantitative estimate of drug-likeness (QED) is 0.918. The maximum atomic E-state index is 6.25. The van der Waals surface area contributed by atoms with Crippen molar-refractivity contribution < 1.29 is 4.74 Å². The SMILES string of the molecule is CCNC1CC(c2cnn(C)c2C)Oc2cc(Br)ccc21. The van der Waals surface area contributed by atoms with Gasteiger partial charge >= 0.3 is 0 Å². The Balaban J connectivity index is 1.98. The highest BCUT2D eigenvalue weighted by Gasteiger charge is 2.30. The van der Waals surface area contributed by atoms with Gasteiger partial charge in [-0.2, -0.15) is 5.10 Å². The molecule has 0 saturated carbocycles. The Labute approximate surface area is 133 Å². The third kappa shape index (κ3) is 2.72. The summed E-state index contributed by atoms with van der Waals surface area (Å²) in [7, 11) is 1.97. The molecular formula is C16H20BrN3O. The Morgan fingerprint density at radius 3 is 2.90 bits per heavy atom. The molecule has 0 amide bonds. The molecule has 1 aromatic heterocycles. The lowest BCUT2D eigenvalue weighted by atomic mass is 9.93. The Bertz CT molecular complexity index is 653. The van der Waals surface area contributed by atoms with Crippen LogP contribution in [0.15, 0.2) is 28.9 Å². The molecule has 5 heteroatoms. The van der Waals surface area contributed by atoms with E-state index < -0.39 is 0 Å². The third-order valence-electron chi connectivity index (χ3n) is 4.14. The molecule has 4 nitrogen and oxygen atoms in total. The van der Waals surface area contributed by atoms with Crippen LogP contribution >= 0.6 is 15.9 Å². The van der Waals surface area contributed by atoms with E-state index in [2.05, 4.69) is 58.4 Å². The van der Waals surface area contributed by atoms with E-state index in [9.17, 15) is 0 Å². The number of nitrogens with zero attached hydrogens (tertiary/aromatic N) is 2. The molecule has 1 aromatic carbocycles. The van der Waals surface area contributed by atoms with Crippen molar-refractivity contribution in [2.75, 3.05) is 6.54 Å². The van der Waals surface area contributed by atoms with Gasteiger partial charge in [0.1, 0.15) is 11.9 Å². The van der Waals surface area contributed by atoms with Gasteiger partial charge in [0.25, 0.3) is 0 Å². The van der Waals surface area contributed by atoms with Gasteiger partial charge in [0, 0.05) is 40.8 Å². The molecule has 1 N–H and O–H groups in total. The number of hydrogen-bond acceptors (Lipinski definition) is 3. The van der Waals surface area contributed by atoms with Gasteiger partial charge in [-0.3, -0.25) is 4.68 Å². The summed E-state index contributed by atoms with van der Waals surface area (Å²) in [6.07, 6.45) is 2.89. The zero-order chi connectivity index (χ0) is 15.0. The molecule has 2 heterocycles. The van der Waals surface area contributed by atoms with Crippen molar-refractivity contribution in [2.24, 2.45) is 7.05 Å². The number of nitrogens with one attached hydrogen (secondary N) is 1. The number of ether oxygens (including phenoxy) is 1. The molecule has 0 fully saturated rings. The van der Waals surface area contributed by atoms with Crippen LogP contribution in [0, 0.1) is 6.92 Å². The topological polar surface area (TPSA) is 39.1 Å². The first-order valence-electron chi connectivity index (χ1n) is 7.28. The second-order valence-corrected chi connectivity index (χ2v) is 6.36. The van der Waals surface area contributed by atoms with Crippen LogP contribution in [0.5, 0.6) is 5.75 Å². The van der Waals surface area contributed by atoms with E-state index in [4.69, 9.17) is 4.74 Å². The van der Waals surface area contributed by atoms with E-state index in [1.165, 1.54) is 11.1 Å². The smallest absolute Gasteiger partial charge is 0.129 e. The lowest BCUT2D eigenvalue weighted by Gasteiger charge is -2.32. The second-order valence-electron chi connectivity index (χ2n) is 5.44. The molecule has 3 rings (SSSR count). The molecule has 2 unspecified atom stereocenters. The molecule has 21 heavy (non-hydrogen) atoms. The molecule has 0 saturated heterocycles. The summed E-state index contributed by atoms with van der Waals surface area (Å²) in [5.74, 6) is 0.954. The van der Waals surface area contributed by atoms with Crippen molar-refractivity contribution >= 4 is 15.9 Å². The molecule has 0 bridgehead atoms. The Kier molecular flexibility index (Phi) is 4.04. The first-order chi connectivity index (χ1) is 10.1. The Morgan fingerprint density at radius 1 is 1.43 bits per heavy atom. The molecule has 0 spiro atoms. The molecule has 0 aliphatic carbocycles. The molecule has 0 radical (unpaired) electrons. The molecule has 112 valence electrons. The van der Waals surface area contributed by atoms with E-state index in [1.807, 2.05) is 17.9 Å². The first-order valence-corrected chi connectivity index (χ1v) is 8.07. The van der Waals surface area contributed by atoms with Crippen LogP contribution in [0.2, 0.25) is 0 Å². The minimum absolute atomic E-state index is 0.0459. The fourth-order valence-electron chi connectivity index (χ4n) is 2.90. The monoisotopic (exact) mass is 349 g/mol. The van der Waals surface area contributed by atoms with Crippen molar-refractivity contribution in [1.29, 1.82) is 0 Å². The molecule has 2 atom stereocenters. The van der Waals surface area contributed by atoms with Gasteiger partial charge < -0.3 is 10.1 Å². The number of aryl methyl sites for hydroxylation is 1. The highest BCUT2D eigenvalue weighted by molar-refractivity contribution is 9.10. The molecule has 1 aliphatic rings. The average molecular weight is 350 g/mol. The van der Waals surface area contributed by atoms with Crippen molar-refractivity contribution in [1.82, 2.24) is 15.1 Å². The predicted octanol–water partition coefficient (Wildman–Crippen LogP) is 3.67. The summed E-state index contributed by atoms with van der Waals surface area (Å²) in [5, 5.41) is 7.91. The first kappa shape index (κ1) is 14.6. The van der Waals surface area contributed by atoms with E-state index in [0.29, 0.717) is 6.04 Å². The predicted molar refractivity (Wildman–Crippen MR) is 86.5 cm³/mol. The van der Waals surface area contributed by atoms with Crippen LogP contribution in [0.4, 0.5) is 0 Å². The third-order valence-corrected chi connectivity index (χ3v) is 4.63. The van der Waals surface area contributed by atoms with Crippen molar-refractivity contribution in [3.05, 3.63) is 45.7 Å². The maximum Gasteiger partial charge on any atom is 0.129 e. The standard InChI is InChI=1S/C16H20BrN3O/c1-4-18-14-8-16(13-9-19-20(3)10(13)2)21-15-7-11(17)5-6-12(14)15/h5-7,9,14,16,18H,4,8H2,1-3H3. The number of fused-ring (bicyclic) bond motifs is 1. The van der Waals surface area contributed by atoms with Gasteiger partial charge in [-0.25, -0.2) is 0 Å². The van der Waals surface area contributed by atoms with Gasteiger partial charge in [-0.15, -0.1) is 0 Å². The van der Waals surface area contributed by atoms with Crippen molar-refractivity contribution in [2.45, 2.75) is 32.4 Å². The minimum atomic E-state index is 0.0459. The second kappa shape index (κ2) is 5.81. The van der Waals surface area contributed by atoms with Gasteiger partial charge in [-0.1, -0.05) is 28.9 Å². The van der Waals surface area contributed by atoms with Crippen LogP contribution in [0.3, 0.4) is 0 Å². The van der Waals surface area contributed by atoms with E-state index in [0.717, 1.165) is 28.9 Å². The summed E-state index contributed by atoms with van der Waals surface area (Å²) < 4.78 is 9.19. The van der Waals surface area contributed by atoms with E-state index in [-0.39, 0.29) is 6.10 Å². The fourth-order valence-corrected chi connectivity index (χ4v) is 3.24. The van der Waals surface area contributed by atoms with Crippen LogP contribution in [0.1, 0.15) is 42.3 Å². The van der Waals surface area contributed by atoms with E-state index in [1.54, 1.807) is 0 Å². The molecular weight excluding hydrogens is 330 g/mol. The normalized spacial score (nSPS) is 21.0. The Hall–Kier alpha value is -1.33. The summed E-state index contributed by atoms with van der Waals surface area (Å²) in [4.78, 5) is 0. The van der Waals surface area contributed by atoms with Gasteiger partial charge in [0.05, 0.1) is 6.20 Å². The van der Waals surface area contributed by atoms with Crippen LogP contribution in [-0.2, 0) is 7.05 Å². The average Bonchev–Trinajstić information content (AvgIpc) is 2.78. The highest BCUT2D eigenvalue weighted by Crippen LogP contribution is 2.42. The van der Waals surface area contributed by atoms with Crippen molar-refractivity contribution in [3.8, 4) is 5.75 Å². The van der Waals surface area contributed by atoms with Crippen LogP contribution < -0.4 is 10.1 Å². The van der Waals surface area contributed by atoms with Crippen LogP contribution in [-0.4, -0.2) is 16.3 Å². The lowest BCUT2D eigenvalue weighted by molar-refractivity contribution is 0.151.